The zero-order valence-corrected chi connectivity index (χ0v) is 11.7. The number of rotatable bonds is 3. The second-order valence-electron chi connectivity index (χ2n) is 4.21. The van der Waals surface area contributed by atoms with Gasteiger partial charge in [-0.3, -0.25) is 0 Å². The normalized spacial score (nSPS) is 15.8. The first kappa shape index (κ1) is 12.7. The van der Waals surface area contributed by atoms with Crippen LogP contribution in [0.2, 0.25) is 0 Å². The molecule has 1 aromatic rings. The SMILES string of the molecule is CCc1c2c(cc(Br)c1C(C)CO)OCCO2. The number of fused-ring (bicyclic) bond motifs is 1. The first-order valence-electron chi connectivity index (χ1n) is 5.90. The lowest BCUT2D eigenvalue weighted by atomic mass is 9.93. The number of ether oxygens (including phenoxy) is 2. The summed E-state index contributed by atoms with van der Waals surface area (Å²) in [5, 5.41) is 9.34. The molecule has 0 spiro atoms. The smallest absolute Gasteiger partial charge is 0.164 e. The lowest BCUT2D eigenvalue weighted by Crippen LogP contribution is -2.18. The molecule has 0 saturated carbocycles. The van der Waals surface area contributed by atoms with E-state index in [4.69, 9.17) is 9.47 Å². The summed E-state index contributed by atoms with van der Waals surface area (Å²) in [6.45, 7) is 5.42. The standard InChI is InChI=1S/C13H17BrO3/c1-3-9-12(8(2)7-15)10(14)6-11-13(9)17-5-4-16-11/h6,8,15H,3-5,7H2,1-2H3. The summed E-state index contributed by atoms with van der Waals surface area (Å²) >= 11 is 3.56. The van der Waals surface area contributed by atoms with Crippen LogP contribution in [-0.4, -0.2) is 24.9 Å². The van der Waals surface area contributed by atoms with E-state index in [2.05, 4.69) is 22.9 Å². The van der Waals surface area contributed by atoms with Crippen LogP contribution in [0.1, 0.15) is 30.9 Å². The summed E-state index contributed by atoms with van der Waals surface area (Å²) in [5.74, 6) is 1.74. The number of hydrogen-bond donors (Lipinski definition) is 1. The number of aliphatic hydroxyl groups excluding tert-OH is 1. The molecule has 0 aliphatic carbocycles. The van der Waals surface area contributed by atoms with Gasteiger partial charge in [-0.1, -0.05) is 29.8 Å². The molecule has 1 atom stereocenters. The van der Waals surface area contributed by atoms with E-state index < -0.39 is 0 Å². The quantitative estimate of drug-likeness (QED) is 0.933. The predicted molar refractivity (Wildman–Crippen MR) is 70.0 cm³/mol. The van der Waals surface area contributed by atoms with Gasteiger partial charge in [-0.25, -0.2) is 0 Å². The summed E-state index contributed by atoms with van der Waals surface area (Å²) in [7, 11) is 0. The Balaban J connectivity index is 2.58. The third kappa shape index (κ3) is 2.29. The van der Waals surface area contributed by atoms with Gasteiger partial charge in [0.25, 0.3) is 0 Å². The third-order valence-electron chi connectivity index (χ3n) is 3.05. The molecule has 94 valence electrons. The van der Waals surface area contributed by atoms with Crippen molar-refractivity contribution in [1.29, 1.82) is 0 Å². The minimum Gasteiger partial charge on any atom is -0.486 e. The number of hydrogen-bond acceptors (Lipinski definition) is 3. The summed E-state index contributed by atoms with van der Waals surface area (Å²) < 4.78 is 12.3. The maximum absolute atomic E-state index is 9.34. The molecule has 0 bridgehead atoms. The molecule has 1 aromatic carbocycles. The molecule has 3 nitrogen and oxygen atoms in total. The van der Waals surface area contributed by atoms with E-state index in [-0.39, 0.29) is 12.5 Å². The van der Waals surface area contributed by atoms with Crippen LogP contribution >= 0.6 is 15.9 Å². The fourth-order valence-corrected chi connectivity index (χ4v) is 3.05. The van der Waals surface area contributed by atoms with E-state index >= 15 is 0 Å². The van der Waals surface area contributed by atoms with Crippen molar-refractivity contribution in [2.45, 2.75) is 26.2 Å². The highest BCUT2D eigenvalue weighted by atomic mass is 79.9. The summed E-state index contributed by atoms with van der Waals surface area (Å²) in [6.07, 6.45) is 0.866. The van der Waals surface area contributed by atoms with Crippen molar-refractivity contribution in [1.82, 2.24) is 0 Å². The molecular weight excluding hydrogens is 284 g/mol. The van der Waals surface area contributed by atoms with E-state index in [1.165, 1.54) is 0 Å². The van der Waals surface area contributed by atoms with Crippen LogP contribution in [0.15, 0.2) is 10.5 Å². The van der Waals surface area contributed by atoms with E-state index in [0.717, 1.165) is 33.5 Å². The van der Waals surface area contributed by atoms with E-state index in [1.54, 1.807) is 0 Å². The van der Waals surface area contributed by atoms with Gasteiger partial charge in [-0.15, -0.1) is 0 Å². The zero-order chi connectivity index (χ0) is 12.4. The van der Waals surface area contributed by atoms with Crippen LogP contribution < -0.4 is 9.47 Å². The van der Waals surface area contributed by atoms with Crippen molar-refractivity contribution in [2.24, 2.45) is 0 Å². The van der Waals surface area contributed by atoms with Crippen LogP contribution in [0.5, 0.6) is 11.5 Å². The minimum atomic E-state index is 0.0927. The summed E-state index contributed by atoms with van der Waals surface area (Å²) in [4.78, 5) is 0. The van der Waals surface area contributed by atoms with Crippen LogP contribution in [0.4, 0.5) is 0 Å². The molecule has 0 amide bonds. The summed E-state index contributed by atoms with van der Waals surface area (Å²) in [6, 6.07) is 1.94. The lowest BCUT2D eigenvalue weighted by Gasteiger charge is -2.25. The molecule has 0 aromatic heterocycles. The van der Waals surface area contributed by atoms with Gasteiger partial charge in [-0.2, -0.15) is 0 Å². The largest absolute Gasteiger partial charge is 0.486 e. The molecule has 1 aliphatic heterocycles. The van der Waals surface area contributed by atoms with Crippen molar-refractivity contribution < 1.29 is 14.6 Å². The number of aliphatic hydroxyl groups is 1. The molecular formula is C13H17BrO3. The Morgan fingerprint density at radius 1 is 1.41 bits per heavy atom. The van der Waals surface area contributed by atoms with Gasteiger partial charge in [0.15, 0.2) is 11.5 Å². The number of benzene rings is 1. The maximum atomic E-state index is 9.34. The van der Waals surface area contributed by atoms with Crippen molar-refractivity contribution >= 4 is 15.9 Å². The van der Waals surface area contributed by atoms with Gasteiger partial charge >= 0.3 is 0 Å². The van der Waals surface area contributed by atoms with Crippen LogP contribution in [-0.2, 0) is 6.42 Å². The van der Waals surface area contributed by atoms with Crippen molar-refractivity contribution in [2.75, 3.05) is 19.8 Å². The average molecular weight is 301 g/mol. The average Bonchev–Trinajstić information content (AvgIpc) is 2.36. The Kier molecular flexibility index (Phi) is 3.94. The van der Waals surface area contributed by atoms with Crippen molar-refractivity contribution in [3.8, 4) is 11.5 Å². The first-order valence-corrected chi connectivity index (χ1v) is 6.70. The van der Waals surface area contributed by atoms with Crippen LogP contribution in [0.25, 0.3) is 0 Å². The molecule has 0 fully saturated rings. The Bertz CT molecular complexity index is 418. The highest BCUT2D eigenvalue weighted by Crippen LogP contribution is 2.43. The summed E-state index contributed by atoms with van der Waals surface area (Å²) in [5.41, 5.74) is 2.26. The van der Waals surface area contributed by atoms with Crippen molar-refractivity contribution in [3.63, 3.8) is 0 Å². The Morgan fingerprint density at radius 2 is 2.12 bits per heavy atom. The first-order chi connectivity index (χ1) is 8.19. The van der Waals surface area contributed by atoms with Gasteiger partial charge in [0.2, 0.25) is 0 Å². The van der Waals surface area contributed by atoms with Crippen LogP contribution in [0, 0.1) is 0 Å². The van der Waals surface area contributed by atoms with Crippen LogP contribution in [0.3, 0.4) is 0 Å². The minimum absolute atomic E-state index is 0.0927. The second kappa shape index (κ2) is 5.27. The van der Waals surface area contributed by atoms with Gasteiger partial charge in [0, 0.05) is 22.6 Å². The molecule has 17 heavy (non-hydrogen) atoms. The molecule has 4 heteroatoms. The van der Waals surface area contributed by atoms with Crippen molar-refractivity contribution in [3.05, 3.63) is 21.7 Å². The van der Waals surface area contributed by atoms with E-state index in [9.17, 15) is 5.11 Å². The predicted octanol–water partition coefficient (Wildman–Crippen LogP) is 2.88. The second-order valence-corrected chi connectivity index (χ2v) is 5.07. The maximum Gasteiger partial charge on any atom is 0.164 e. The van der Waals surface area contributed by atoms with Gasteiger partial charge in [0.1, 0.15) is 13.2 Å². The van der Waals surface area contributed by atoms with Gasteiger partial charge in [0.05, 0.1) is 0 Å². The highest BCUT2D eigenvalue weighted by Gasteiger charge is 2.23. The fraction of sp³-hybridized carbons (Fsp3) is 0.538. The molecule has 0 radical (unpaired) electrons. The molecule has 1 N–H and O–H groups in total. The van der Waals surface area contributed by atoms with Gasteiger partial charge < -0.3 is 14.6 Å². The van der Waals surface area contributed by atoms with Gasteiger partial charge in [-0.05, 0) is 18.1 Å². The Hall–Kier alpha value is -0.740. The molecule has 1 aliphatic rings. The molecule has 1 heterocycles. The monoisotopic (exact) mass is 300 g/mol. The van der Waals surface area contributed by atoms with E-state index in [1.807, 2.05) is 13.0 Å². The number of halogens is 1. The lowest BCUT2D eigenvalue weighted by molar-refractivity contribution is 0.169. The topological polar surface area (TPSA) is 38.7 Å². The third-order valence-corrected chi connectivity index (χ3v) is 3.70. The highest BCUT2D eigenvalue weighted by molar-refractivity contribution is 9.10. The Morgan fingerprint density at radius 3 is 2.76 bits per heavy atom. The van der Waals surface area contributed by atoms with E-state index in [0.29, 0.717) is 13.2 Å². The fourth-order valence-electron chi connectivity index (χ4n) is 2.21. The molecule has 0 saturated heterocycles. The molecule has 2 rings (SSSR count). The Labute approximate surface area is 110 Å². The molecule has 1 unspecified atom stereocenters. The zero-order valence-electron chi connectivity index (χ0n) is 10.1.